The highest BCUT2D eigenvalue weighted by atomic mass is 16.6. The van der Waals surface area contributed by atoms with Gasteiger partial charge in [0.25, 0.3) is 11.6 Å². The lowest BCUT2D eigenvalue weighted by atomic mass is 9.97. The maximum atomic E-state index is 13.6. The van der Waals surface area contributed by atoms with E-state index in [-0.39, 0.29) is 28.3 Å². The molecule has 0 fully saturated rings. The third-order valence-corrected chi connectivity index (χ3v) is 5.60. The van der Waals surface area contributed by atoms with E-state index >= 15 is 0 Å². The number of benzene rings is 2. The van der Waals surface area contributed by atoms with Gasteiger partial charge in [0.1, 0.15) is 11.3 Å². The first kappa shape index (κ1) is 19.7. The summed E-state index contributed by atoms with van der Waals surface area (Å²) in [5, 5.41) is 15.7. The summed E-state index contributed by atoms with van der Waals surface area (Å²) in [7, 11) is 0. The fourth-order valence-electron chi connectivity index (χ4n) is 4.07. The highest BCUT2D eigenvalue weighted by Crippen LogP contribution is 2.41. The molecular formula is C23H17N3O6. The van der Waals surface area contributed by atoms with Crippen molar-refractivity contribution in [2.24, 2.45) is 0 Å². The van der Waals surface area contributed by atoms with Gasteiger partial charge in [0.2, 0.25) is 5.76 Å². The number of nitro groups is 1. The minimum absolute atomic E-state index is 0.107. The summed E-state index contributed by atoms with van der Waals surface area (Å²) in [5.74, 6) is -0.0148. The second kappa shape index (κ2) is 7.16. The summed E-state index contributed by atoms with van der Waals surface area (Å²) in [6.07, 6.45) is 0.726. The number of fused-ring (bicyclic) bond motifs is 2. The Labute approximate surface area is 181 Å². The average molecular weight is 431 g/mol. The smallest absolute Gasteiger partial charge is 0.296 e. The molecule has 9 nitrogen and oxygen atoms in total. The van der Waals surface area contributed by atoms with Gasteiger partial charge < -0.3 is 8.94 Å². The minimum atomic E-state index is -0.951. The molecule has 1 aliphatic heterocycles. The molecule has 9 heteroatoms. The van der Waals surface area contributed by atoms with Crippen LogP contribution in [-0.4, -0.2) is 16.0 Å². The summed E-state index contributed by atoms with van der Waals surface area (Å²) in [4.78, 5) is 39.1. The molecule has 0 saturated carbocycles. The Kier molecular flexibility index (Phi) is 4.40. The molecule has 0 aliphatic carbocycles. The maximum Gasteiger partial charge on any atom is 0.296 e. The summed E-state index contributed by atoms with van der Waals surface area (Å²) >= 11 is 0. The largest absolute Gasteiger partial charge is 0.450 e. The standard InChI is InChI=1S/C23H17N3O6/c1-3-13-7-8-17-16(10-13)21(27)19-20(14-5-4-6-15(11-14)26(29)30)25(23(28)22(19)31-17)18-9-12(2)32-24-18/h4-11,20H,3H2,1-2H3/t20-/m0/s1. The van der Waals surface area contributed by atoms with E-state index in [9.17, 15) is 19.7 Å². The van der Waals surface area contributed by atoms with Crippen LogP contribution in [0.4, 0.5) is 11.5 Å². The molecule has 32 heavy (non-hydrogen) atoms. The van der Waals surface area contributed by atoms with E-state index in [1.807, 2.05) is 13.0 Å². The number of carbonyl (C=O) groups is 1. The normalized spacial score (nSPS) is 15.4. The van der Waals surface area contributed by atoms with Crippen molar-refractivity contribution in [3.63, 3.8) is 0 Å². The molecule has 5 rings (SSSR count). The number of aromatic nitrogens is 1. The molecule has 0 unspecified atom stereocenters. The lowest BCUT2D eigenvalue weighted by Crippen LogP contribution is -2.29. The van der Waals surface area contributed by atoms with Crippen LogP contribution in [0.15, 0.2) is 62.3 Å². The SMILES string of the molecule is CCc1ccc2oc3c(c(=O)c2c1)[C@H](c1cccc([N+](=O)[O-])c1)N(c1cc(C)on1)C3=O. The average Bonchev–Trinajstić information content (AvgIpc) is 3.34. The second-order valence-electron chi connectivity index (χ2n) is 7.58. The van der Waals surface area contributed by atoms with Crippen molar-refractivity contribution in [2.75, 3.05) is 4.90 Å². The Hall–Kier alpha value is -4.27. The topological polar surface area (TPSA) is 120 Å². The predicted molar refractivity (Wildman–Crippen MR) is 115 cm³/mol. The van der Waals surface area contributed by atoms with E-state index in [1.165, 1.54) is 23.1 Å². The number of nitro benzene ring substituents is 1. The molecule has 1 amide bonds. The Morgan fingerprint density at radius 2 is 1.97 bits per heavy atom. The molecule has 0 radical (unpaired) electrons. The first-order valence-corrected chi connectivity index (χ1v) is 10.00. The second-order valence-corrected chi connectivity index (χ2v) is 7.58. The van der Waals surface area contributed by atoms with Crippen LogP contribution in [0.25, 0.3) is 11.0 Å². The number of hydrogen-bond acceptors (Lipinski definition) is 7. The highest BCUT2D eigenvalue weighted by molar-refractivity contribution is 6.10. The molecule has 0 bridgehead atoms. The van der Waals surface area contributed by atoms with Crippen molar-refractivity contribution in [1.29, 1.82) is 0 Å². The number of anilines is 1. The van der Waals surface area contributed by atoms with Gasteiger partial charge in [0.15, 0.2) is 11.2 Å². The maximum absolute atomic E-state index is 13.6. The molecule has 0 saturated heterocycles. The van der Waals surface area contributed by atoms with Crippen LogP contribution in [0.2, 0.25) is 0 Å². The van der Waals surface area contributed by atoms with E-state index in [1.54, 1.807) is 31.2 Å². The zero-order valence-electron chi connectivity index (χ0n) is 17.2. The molecule has 3 heterocycles. The first-order chi connectivity index (χ1) is 15.4. The fraction of sp³-hybridized carbons (Fsp3) is 0.174. The number of non-ortho nitro benzene ring substituents is 1. The molecule has 2 aromatic carbocycles. The van der Waals surface area contributed by atoms with Gasteiger partial charge in [0.05, 0.1) is 21.9 Å². The predicted octanol–water partition coefficient (Wildman–Crippen LogP) is 4.31. The lowest BCUT2D eigenvalue weighted by molar-refractivity contribution is -0.384. The van der Waals surface area contributed by atoms with E-state index in [4.69, 9.17) is 8.94 Å². The number of carbonyl (C=O) groups excluding carboxylic acids is 1. The zero-order valence-corrected chi connectivity index (χ0v) is 17.2. The minimum Gasteiger partial charge on any atom is -0.450 e. The molecule has 4 aromatic rings. The number of amides is 1. The van der Waals surface area contributed by atoms with E-state index in [0.29, 0.717) is 22.3 Å². The molecule has 0 spiro atoms. The highest BCUT2D eigenvalue weighted by Gasteiger charge is 2.45. The molecule has 0 N–H and O–H groups in total. The zero-order chi connectivity index (χ0) is 22.6. The van der Waals surface area contributed by atoms with Crippen LogP contribution >= 0.6 is 0 Å². The van der Waals surface area contributed by atoms with Gasteiger partial charge in [-0.2, -0.15) is 0 Å². The van der Waals surface area contributed by atoms with Crippen LogP contribution in [0.5, 0.6) is 0 Å². The van der Waals surface area contributed by atoms with E-state index in [2.05, 4.69) is 5.16 Å². The summed E-state index contributed by atoms with van der Waals surface area (Å²) < 4.78 is 11.0. The third kappa shape index (κ3) is 2.89. The van der Waals surface area contributed by atoms with Crippen molar-refractivity contribution in [1.82, 2.24) is 5.16 Å². The molecular weight excluding hydrogens is 414 g/mol. The van der Waals surface area contributed by atoms with Crippen molar-refractivity contribution < 1.29 is 18.7 Å². The number of nitrogens with zero attached hydrogens (tertiary/aromatic N) is 3. The van der Waals surface area contributed by atoms with Crippen LogP contribution < -0.4 is 10.3 Å². The van der Waals surface area contributed by atoms with Gasteiger partial charge in [-0.05, 0) is 36.6 Å². The summed E-state index contributed by atoms with van der Waals surface area (Å²) in [6, 6.07) is 11.7. The van der Waals surface area contributed by atoms with Gasteiger partial charge in [-0.25, -0.2) is 0 Å². The molecule has 1 aliphatic rings. The number of hydrogen-bond donors (Lipinski definition) is 0. The lowest BCUT2D eigenvalue weighted by Gasteiger charge is -2.22. The van der Waals surface area contributed by atoms with Gasteiger partial charge in [0, 0.05) is 18.2 Å². The van der Waals surface area contributed by atoms with Crippen LogP contribution in [-0.2, 0) is 6.42 Å². The fourth-order valence-corrected chi connectivity index (χ4v) is 4.07. The third-order valence-electron chi connectivity index (χ3n) is 5.60. The van der Waals surface area contributed by atoms with Gasteiger partial charge in [-0.1, -0.05) is 30.3 Å². The van der Waals surface area contributed by atoms with Crippen molar-refractivity contribution in [3.05, 3.63) is 97.1 Å². The van der Waals surface area contributed by atoms with Crippen molar-refractivity contribution >= 4 is 28.4 Å². The van der Waals surface area contributed by atoms with Crippen molar-refractivity contribution in [2.45, 2.75) is 26.3 Å². The quantitative estimate of drug-likeness (QED) is 0.349. The first-order valence-electron chi connectivity index (χ1n) is 10.00. The van der Waals surface area contributed by atoms with Crippen molar-refractivity contribution in [3.8, 4) is 0 Å². The Morgan fingerprint density at radius 3 is 2.66 bits per heavy atom. The molecule has 160 valence electrons. The van der Waals surface area contributed by atoms with Gasteiger partial charge in [-0.3, -0.25) is 24.6 Å². The molecule has 2 aromatic heterocycles. The van der Waals surface area contributed by atoms with Crippen LogP contribution in [0.3, 0.4) is 0 Å². The summed E-state index contributed by atoms with van der Waals surface area (Å²) in [6.45, 7) is 3.65. The monoisotopic (exact) mass is 431 g/mol. The van der Waals surface area contributed by atoms with Gasteiger partial charge >= 0.3 is 0 Å². The summed E-state index contributed by atoms with van der Waals surface area (Å²) in [5.41, 5.74) is 1.25. The Balaban J connectivity index is 1.82. The Bertz CT molecular complexity index is 1470. The van der Waals surface area contributed by atoms with Crippen LogP contribution in [0, 0.1) is 17.0 Å². The van der Waals surface area contributed by atoms with E-state index in [0.717, 1.165) is 12.0 Å². The van der Waals surface area contributed by atoms with Crippen LogP contribution in [0.1, 0.15) is 46.0 Å². The number of aryl methyl sites for hydroxylation is 2. The molecule has 1 atom stereocenters. The Morgan fingerprint density at radius 1 is 1.16 bits per heavy atom. The van der Waals surface area contributed by atoms with E-state index < -0.39 is 16.9 Å². The number of rotatable bonds is 4. The van der Waals surface area contributed by atoms with Gasteiger partial charge in [-0.15, -0.1) is 0 Å².